The molecular formula is C23H19FN2O3S2. The first-order valence-corrected chi connectivity index (χ1v) is 11.8. The Hall–Kier alpha value is -3.23. The molecule has 0 saturated heterocycles. The largest absolute Gasteiger partial charge is 0.486 e. The van der Waals surface area contributed by atoms with E-state index in [2.05, 4.69) is 4.98 Å². The van der Waals surface area contributed by atoms with Gasteiger partial charge in [0.2, 0.25) is 0 Å². The third-order valence-corrected chi connectivity index (χ3v) is 7.12. The summed E-state index contributed by atoms with van der Waals surface area (Å²) in [5.41, 5.74) is 1.10. The number of hydrogen-bond donors (Lipinski definition) is 0. The molecule has 0 fully saturated rings. The van der Waals surface area contributed by atoms with E-state index >= 15 is 0 Å². The Morgan fingerprint density at radius 1 is 0.903 bits per heavy atom. The van der Waals surface area contributed by atoms with Crippen molar-refractivity contribution in [3.8, 4) is 5.75 Å². The Balaban J connectivity index is 1.57. The van der Waals surface area contributed by atoms with E-state index in [0.717, 1.165) is 22.9 Å². The Morgan fingerprint density at radius 3 is 2.23 bits per heavy atom. The molecule has 0 spiro atoms. The molecule has 4 aromatic rings. The number of para-hydroxylation sites is 2. The van der Waals surface area contributed by atoms with Gasteiger partial charge in [0.15, 0.2) is 0 Å². The van der Waals surface area contributed by atoms with Gasteiger partial charge in [0, 0.05) is 5.38 Å². The second-order valence-electron chi connectivity index (χ2n) is 6.64. The molecule has 158 valence electrons. The van der Waals surface area contributed by atoms with Crippen LogP contribution in [0.15, 0.2) is 95.2 Å². The lowest BCUT2D eigenvalue weighted by Gasteiger charge is -2.23. The molecule has 0 saturated carbocycles. The summed E-state index contributed by atoms with van der Waals surface area (Å²) in [6, 6.07) is 23.0. The summed E-state index contributed by atoms with van der Waals surface area (Å²) in [7, 11) is -3.92. The molecule has 0 aliphatic carbocycles. The van der Waals surface area contributed by atoms with Crippen LogP contribution < -0.4 is 9.04 Å². The summed E-state index contributed by atoms with van der Waals surface area (Å²) in [4.78, 5) is 4.55. The standard InChI is InChI=1S/C23H19FN2O3S2/c24-18-11-13-22(14-12-18)31(27,28)26(20-7-3-1-4-8-20)15-19-17-30-23(25-19)16-29-21-9-5-2-6-10-21/h1-14,17H,15-16H2. The van der Waals surface area contributed by atoms with E-state index in [0.29, 0.717) is 18.0 Å². The van der Waals surface area contributed by atoms with Crippen molar-refractivity contribution in [3.63, 3.8) is 0 Å². The zero-order valence-electron chi connectivity index (χ0n) is 16.4. The molecule has 0 radical (unpaired) electrons. The molecule has 8 heteroatoms. The predicted octanol–water partition coefficient (Wildman–Crippen LogP) is 5.26. The van der Waals surface area contributed by atoms with E-state index < -0.39 is 15.8 Å². The maximum absolute atomic E-state index is 13.3. The molecule has 0 aliphatic rings. The van der Waals surface area contributed by atoms with Gasteiger partial charge in [-0.05, 0) is 48.5 Å². The number of ether oxygens (including phenoxy) is 1. The number of aromatic nitrogens is 1. The van der Waals surface area contributed by atoms with Gasteiger partial charge in [-0.2, -0.15) is 0 Å². The number of rotatable bonds is 8. The minimum absolute atomic E-state index is 0.0145. The van der Waals surface area contributed by atoms with Crippen LogP contribution in [0.25, 0.3) is 0 Å². The van der Waals surface area contributed by atoms with Crippen LogP contribution in [0.1, 0.15) is 10.7 Å². The Kier molecular flexibility index (Phi) is 6.29. The number of hydrogen-bond acceptors (Lipinski definition) is 5. The topological polar surface area (TPSA) is 59.5 Å². The normalized spacial score (nSPS) is 11.3. The highest BCUT2D eigenvalue weighted by molar-refractivity contribution is 7.92. The number of benzene rings is 3. The van der Waals surface area contributed by atoms with Crippen LogP contribution >= 0.6 is 11.3 Å². The molecule has 0 atom stereocenters. The molecule has 1 aromatic heterocycles. The quantitative estimate of drug-likeness (QED) is 0.365. The molecule has 0 bridgehead atoms. The second kappa shape index (κ2) is 9.28. The lowest BCUT2D eigenvalue weighted by molar-refractivity contribution is 0.305. The number of anilines is 1. The molecule has 31 heavy (non-hydrogen) atoms. The van der Waals surface area contributed by atoms with Gasteiger partial charge >= 0.3 is 0 Å². The number of halogens is 1. The van der Waals surface area contributed by atoms with E-state index in [9.17, 15) is 12.8 Å². The average molecular weight is 455 g/mol. The minimum atomic E-state index is -3.92. The van der Waals surface area contributed by atoms with E-state index in [1.807, 2.05) is 41.8 Å². The fourth-order valence-electron chi connectivity index (χ4n) is 2.94. The Morgan fingerprint density at radius 2 is 1.55 bits per heavy atom. The third-order valence-electron chi connectivity index (χ3n) is 4.46. The van der Waals surface area contributed by atoms with Crippen LogP contribution in [0.4, 0.5) is 10.1 Å². The molecule has 4 rings (SSSR count). The molecule has 0 N–H and O–H groups in total. The highest BCUT2D eigenvalue weighted by atomic mass is 32.2. The zero-order valence-corrected chi connectivity index (χ0v) is 18.0. The summed E-state index contributed by atoms with van der Waals surface area (Å²) in [6.07, 6.45) is 0. The molecule has 1 heterocycles. The van der Waals surface area contributed by atoms with Gasteiger partial charge in [0.1, 0.15) is 23.2 Å². The molecular weight excluding hydrogens is 435 g/mol. The van der Waals surface area contributed by atoms with Crippen molar-refractivity contribution in [2.75, 3.05) is 4.31 Å². The average Bonchev–Trinajstić information content (AvgIpc) is 3.25. The second-order valence-corrected chi connectivity index (χ2v) is 9.44. The first-order chi connectivity index (χ1) is 15.0. The fourth-order valence-corrected chi connectivity index (χ4v) is 5.07. The SMILES string of the molecule is O=S(=O)(c1ccc(F)cc1)N(Cc1csc(COc2ccccc2)n1)c1ccccc1. The van der Waals surface area contributed by atoms with E-state index in [1.165, 1.54) is 27.8 Å². The maximum atomic E-state index is 13.3. The van der Waals surface area contributed by atoms with Gasteiger partial charge in [-0.3, -0.25) is 4.31 Å². The van der Waals surface area contributed by atoms with Crippen LogP contribution in [-0.4, -0.2) is 13.4 Å². The molecule has 3 aromatic carbocycles. The highest BCUT2D eigenvalue weighted by Crippen LogP contribution is 2.26. The fraction of sp³-hybridized carbons (Fsp3) is 0.0870. The smallest absolute Gasteiger partial charge is 0.264 e. The van der Waals surface area contributed by atoms with Crippen LogP contribution in [0, 0.1) is 5.82 Å². The number of nitrogens with zero attached hydrogens (tertiary/aromatic N) is 2. The summed E-state index contributed by atoms with van der Waals surface area (Å²) in [5.74, 6) is 0.247. The van der Waals surface area contributed by atoms with Gasteiger partial charge in [-0.15, -0.1) is 11.3 Å². The Bertz CT molecular complexity index is 1230. The van der Waals surface area contributed by atoms with Crippen molar-refractivity contribution in [1.29, 1.82) is 0 Å². The van der Waals surface area contributed by atoms with E-state index in [4.69, 9.17) is 4.74 Å². The van der Waals surface area contributed by atoms with Gasteiger partial charge < -0.3 is 4.74 Å². The predicted molar refractivity (Wildman–Crippen MR) is 119 cm³/mol. The number of sulfonamides is 1. The molecule has 5 nitrogen and oxygen atoms in total. The van der Waals surface area contributed by atoms with Crippen molar-refractivity contribution in [2.45, 2.75) is 18.0 Å². The lowest BCUT2D eigenvalue weighted by Crippen LogP contribution is -2.30. The van der Waals surface area contributed by atoms with Gasteiger partial charge in [0.05, 0.1) is 22.8 Å². The van der Waals surface area contributed by atoms with Crippen molar-refractivity contribution in [2.24, 2.45) is 0 Å². The van der Waals surface area contributed by atoms with Gasteiger partial charge in [-0.1, -0.05) is 36.4 Å². The van der Waals surface area contributed by atoms with Crippen molar-refractivity contribution in [3.05, 3.63) is 107 Å². The van der Waals surface area contributed by atoms with Crippen molar-refractivity contribution < 1.29 is 17.5 Å². The monoisotopic (exact) mass is 454 g/mol. The molecule has 0 unspecified atom stereocenters. The van der Waals surface area contributed by atoms with E-state index in [1.54, 1.807) is 24.3 Å². The number of thiazole rings is 1. The molecule has 0 amide bonds. The van der Waals surface area contributed by atoms with Crippen LogP contribution in [0.2, 0.25) is 0 Å². The summed E-state index contributed by atoms with van der Waals surface area (Å²) in [6.45, 7) is 0.344. The van der Waals surface area contributed by atoms with Gasteiger partial charge in [-0.25, -0.2) is 17.8 Å². The van der Waals surface area contributed by atoms with Crippen molar-refractivity contribution in [1.82, 2.24) is 4.98 Å². The summed E-state index contributed by atoms with van der Waals surface area (Å²) >= 11 is 1.41. The van der Waals surface area contributed by atoms with Crippen LogP contribution in [-0.2, 0) is 23.2 Å². The summed E-state index contributed by atoms with van der Waals surface area (Å²) in [5, 5.41) is 2.56. The summed E-state index contributed by atoms with van der Waals surface area (Å²) < 4.78 is 47.0. The third kappa shape index (κ3) is 5.10. The van der Waals surface area contributed by atoms with Crippen LogP contribution in [0.3, 0.4) is 0 Å². The van der Waals surface area contributed by atoms with Crippen molar-refractivity contribution >= 4 is 27.0 Å². The first kappa shape index (κ1) is 21.0. The minimum Gasteiger partial charge on any atom is -0.486 e. The zero-order chi connectivity index (χ0) is 21.7. The Labute approximate surface area is 184 Å². The molecule has 0 aliphatic heterocycles. The van der Waals surface area contributed by atoms with Crippen LogP contribution in [0.5, 0.6) is 5.75 Å². The van der Waals surface area contributed by atoms with E-state index in [-0.39, 0.29) is 11.4 Å². The maximum Gasteiger partial charge on any atom is 0.264 e. The van der Waals surface area contributed by atoms with Gasteiger partial charge in [0.25, 0.3) is 10.0 Å². The lowest BCUT2D eigenvalue weighted by atomic mass is 10.3. The first-order valence-electron chi connectivity index (χ1n) is 9.47. The highest BCUT2D eigenvalue weighted by Gasteiger charge is 2.26.